The molecule has 0 fully saturated rings. The van der Waals surface area contributed by atoms with Crippen molar-refractivity contribution in [1.82, 2.24) is 0 Å². The fourth-order valence-electron chi connectivity index (χ4n) is 1.30. The molecule has 0 aromatic heterocycles. The summed E-state index contributed by atoms with van der Waals surface area (Å²) >= 11 is 5.52. The third kappa shape index (κ3) is 7.18. The molecular weight excluding hydrogens is 286 g/mol. The largest absolute Gasteiger partial charge is 0.353 e. The van der Waals surface area contributed by atoms with Crippen molar-refractivity contribution in [3.05, 3.63) is 38.9 Å². The summed E-state index contributed by atoms with van der Waals surface area (Å²) in [7, 11) is 0. The number of nitro benzene ring substituents is 1. The molecule has 0 saturated carbocycles. The Morgan fingerprint density at radius 3 is 2.30 bits per heavy atom. The van der Waals surface area contributed by atoms with Gasteiger partial charge in [-0.15, -0.1) is 0 Å². The zero-order valence-corrected chi connectivity index (χ0v) is 12.4. The van der Waals surface area contributed by atoms with Crippen LogP contribution in [0.15, 0.2) is 18.2 Å². The Labute approximate surface area is 122 Å². The van der Waals surface area contributed by atoms with E-state index in [0.717, 1.165) is 13.2 Å². The number of hydrogen-bond donors (Lipinski definition) is 0. The SMILES string of the molecule is CCOC(C)OCC.O=Cc1cc(Cl)ccc1[N+](=O)[O-]. The topological polar surface area (TPSA) is 78.7 Å². The Kier molecular flexibility index (Phi) is 9.53. The predicted octanol–water partition coefficient (Wildman–Crippen LogP) is 3.47. The van der Waals surface area contributed by atoms with Crippen LogP contribution in [0.3, 0.4) is 0 Å². The predicted molar refractivity (Wildman–Crippen MR) is 76.2 cm³/mol. The average Bonchev–Trinajstić information content (AvgIpc) is 2.39. The number of aldehydes is 1. The number of carbonyl (C=O) groups is 1. The first kappa shape index (κ1) is 18.5. The lowest BCUT2D eigenvalue weighted by molar-refractivity contribution is -0.385. The number of carbonyl (C=O) groups excluding carboxylic acids is 1. The minimum Gasteiger partial charge on any atom is -0.353 e. The summed E-state index contributed by atoms with van der Waals surface area (Å²) in [6, 6.07) is 3.82. The Hall–Kier alpha value is -1.50. The first-order valence-corrected chi connectivity index (χ1v) is 6.46. The highest BCUT2D eigenvalue weighted by Gasteiger charge is 2.12. The van der Waals surface area contributed by atoms with E-state index in [0.29, 0.717) is 11.3 Å². The van der Waals surface area contributed by atoms with E-state index in [1.807, 2.05) is 20.8 Å². The van der Waals surface area contributed by atoms with Crippen LogP contribution >= 0.6 is 11.6 Å². The second-order valence-corrected chi connectivity index (χ2v) is 3.99. The molecule has 0 N–H and O–H groups in total. The van der Waals surface area contributed by atoms with Gasteiger partial charge in [0.25, 0.3) is 5.69 Å². The summed E-state index contributed by atoms with van der Waals surface area (Å²) in [6.07, 6.45) is 0.370. The van der Waals surface area contributed by atoms with Gasteiger partial charge in [-0.25, -0.2) is 0 Å². The molecule has 0 saturated heterocycles. The van der Waals surface area contributed by atoms with Gasteiger partial charge < -0.3 is 9.47 Å². The van der Waals surface area contributed by atoms with E-state index in [4.69, 9.17) is 21.1 Å². The summed E-state index contributed by atoms with van der Waals surface area (Å²) in [6.45, 7) is 7.25. The zero-order valence-electron chi connectivity index (χ0n) is 11.7. The molecule has 0 spiro atoms. The van der Waals surface area contributed by atoms with Gasteiger partial charge in [-0.1, -0.05) is 11.6 Å². The smallest absolute Gasteiger partial charge is 0.279 e. The number of nitrogens with zero attached hydrogens (tertiary/aromatic N) is 1. The molecule has 0 aliphatic carbocycles. The molecule has 1 rings (SSSR count). The molecule has 0 radical (unpaired) electrons. The lowest BCUT2D eigenvalue weighted by Crippen LogP contribution is -2.11. The van der Waals surface area contributed by atoms with Crippen LogP contribution in [0.2, 0.25) is 5.02 Å². The molecule has 0 bridgehead atoms. The van der Waals surface area contributed by atoms with Gasteiger partial charge in [-0.3, -0.25) is 14.9 Å². The van der Waals surface area contributed by atoms with Crippen LogP contribution in [0.4, 0.5) is 5.69 Å². The van der Waals surface area contributed by atoms with Crippen LogP contribution in [0.5, 0.6) is 0 Å². The summed E-state index contributed by atoms with van der Waals surface area (Å²) < 4.78 is 10.1. The first-order valence-electron chi connectivity index (χ1n) is 6.08. The summed E-state index contributed by atoms with van der Waals surface area (Å²) in [5, 5.41) is 10.6. The van der Waals surface area contributed by atoms with Crippen molar-refractivity contribution >= 4 is 23.6 Å². The van der Waals surface area contributed by atoms with Crippen molar-refractivity contribution in [2.24, 2.45) is 0 Å². The molecule has 1 aromatic rings. The van der Waals surface area contributed by atoms with Gasteiger partial charge in [0.05, 0.1) is 10.5 Å². The second-order valence-electron chi connectivity index (χ2n) is 3.56. The molecule has 0 aliphatic rings. The maximum Gasteiger partial charge on any atom is 0.279 e. The average molecular weight is 304 g/mol. The number of ether oxygens (including phenoxy) is 2. The van der Waals surface area contributed by atoms with Gasteiger partial charge in [0.15, 0.2) is 12.6 Å². The highest BCUT2D eigenvalue weighted by molar-refractivity contribution is 6.30. The summed E-state index contributed by atoms with van der Waals surface area (Å²) in [4.78, 5) is 20.0. The molecule has 0 aliphatic heterocycles. The number of benzene rings is 1. The minimum absolute atomic E-state index is 0.00694. The monoisotopic (exact) mass is 303 g/mol. The van der Waals surface area contributed by atoms with Gasteiger partial charge >= 0.3 is 0 Å². The Morgan fingerprint density at radius 1 is 1.35 bits per heavy atom. The third-order valence-corrected chi connectivity index (χ3v) is 2.35. The molecule has 20 heavy (non-hydrogen) atoms. The summed E-state index contributed by atoms with van der Waals surface area (Å²) in [5.41, 5.74) is -0.234. The zero-order chi connectivity index (χ0) is 15.5. The van der Waals surface area contributed by atoms with Crippen LogP contribution in [-0.2, 0) is 9.47 Å². The van der Waals surface area contributed by atoms with Gasteiger partial charge in [0.1, 0.15) is 0 Å². The molecule has 0 amide bonds. The van der Waals surface area contributed by atoms with Crippen molar-refractivity contribution in [3.63, 3.8) is 0 Å². The lowest BCUT2D eigenvalue weighted by Gasteiger charge is -2.09. The van der Waals surface area contributed by atoms with E-state index in [2.05, 4.69) is 0 Å². The van der Waals surface area contributed by atoms with E-state index >= 15 is 0 Å². The van der Waals surface area contributed by atoms with Gasteiger partial charge in [-0.05, 0) is 32.9 Å². The molecule has 7 heteroatoms. The van der Waals surface area contributed by atoms with Crippen molar-refractivity contribution in [2.75, 3.05) is 13.2 Å². The van der Waals surface area contributed by atoms with Crippen LogP contribution < -0.4 is 0 Å². The third-order valence-electron chi connectivity index (χ3n) is 2.12. The number of halogens is 1. The van der Waals surface area contributed by atoms with E-state index in [1.165, 1.54) is 18.2 Å². The maximum atomic E-state index is 10.3. The molecular formula is C13H18ClNO5. The first-order chi connectivity index (χ1) is 9.46. The standard InChI is InChI=1S/C7H4ClNO3.C6H14O2/c8-6-1-2-7(9(11)12)5(3-6)4-10;1-4-7-6(3)8-5-2/h1-4H;6H,4-5H2,1-3H3. The van der Waals surface area contributed by atoms with Crippen molar-refractivity contribution in [3.8, 4) is 0 Å². The second kappa shape index (κ2) is 10.3. The Bertz CT molecular complexity index is 433. The fourth-order valence-corrected chi connectivity index (χ4v) is 1.48. The minimum atomic E-state index is -0.625. The molecule has 0 atom stereocenters. The van der Waals surface area contributed by atoms with Crippen LogP contribution in [0.1, 0.15) is 31.1 Å². The highest BCUT2D eigenvalue weighted by Crippen LogP contribution is 2.20. The number of nitro groups is 1. The van der Waals surface area contributed by atoms with E-state index in [9.17, 15) is 14.9 Å². The molecule has 1 aromatic carbocycles. The van der Waals surface area contributed by atoms with Crippen molar-refractivity contribution in [1.29, 1.82) is 0 Å². The number of hydrogen-bond acceptors (Lipinski definition) is 5. The van der Waals surface area contributed by atoms with E-state index in [-0.39, 0.29) is 17.5 Å². The van der Waals surface area contributed by atoms with Crippen molar-refractivity contribution < 1.29 is 19.2 Å². The quantitative estimate of drug-likeness (QED) is 0.348. The maximum absolute atomic E-state index is 10.3. The van der Waals surface area contributed by atoms with Crippen LogP contribution in [0.25, 0.3) is 0 Å². The summed E-state index contributed by atoms with van der Waals surface area (Å²) in [5.74, 6) is 0. The molecule has 6 nitrogen and oxygen atoms in total. The number of rotatable bonds is 6. The fraction of sp³-hybridized carbons (Fsp3) is 0.462. The highest BCUT2D eigenvalue weighted by atomic mass is 35.5. The van der Waals surface area contributed by atoms with E-state index in [1.54, 1.807) is 0 Å². The lowest BCUT2D eigenvalue weighted by atomic mass is 10.2. The molecule has 112 valence electrons. The van der Waals surface area contributed by atoms with Crippen molar-refractivity contribution in [2.45, 2.75) is 27.1 Å². The molecule has 0 unspecified atom stereocenters. The van der Waals surface area contributed by atoms with E-state index < -0.39 is 4.92 Å². The van der Waals surface area contributed by atoms with Crippen LogP contribution in [-0.4, -0.2) is 30.7 Å². The Balaban J connectivity index is 0.000000396. The van der Waals surface area contributed by atoms with Gasteiger partial charge in [-0.2, -0.15) is 0 Å². The Morgan fingerprint density at radius 2 is 1.90 bits per heavy atom. The van der Waals surface area contributed by atoms with Gasteiger partial charge in [0, 0.05) is 24.3 Å². The normalized spacial score (nSPS) is 9.85. The van der Waals surface area contributed by atoms with Gasteiger partial charge in [0.2, 0.25) is 0 Å². The molecule has 0 heterocycles. The van der Waals surface area contributed by atoms with Crippen LogP contribution in [0, 0.1) is 10.1 Å².